The standard InChI is InChI=1S/C30H29Cl2N5O2S/c1-39-29-17(14-34-15-18-9-11-26(38)35-18)8-10-23(36-29)21-6-2-4-19(27(21)31)20-5-3-7-22(28(20)32)30-37-24-12-13-33-16-25(24)40-30/h2-8,10,18,33-34H,9,11-16H2,1H3,(H,35,38)/t18-/m0/s1. The van der Waals surface area contributed by atoms with Crippen LogP contribution in [0, 0.1) is 0 Å². The number of amides is 1. The van der Waals surface area contributed by atoms with Crippen LogP contribution in [0.3, 0.4) is 0 Å². The molecule has 2 aliphatic heterocycles. The molecule has 3 N–H and O–H groups in total. The van der Waals surface area contributed by atoms with Gasteiger partial charge in [-0.15, -0.1) is 11.3 Å². The summed E-state index contributed by atoms with van der Waals surface area (Å²) in [6, 6.07) is 16.0. The Bertz CT molecular complexity index is 1550. The summed E-state index contributed by atoms with van der Waals surface area (Å²) >= 11 is 15.7. The molecule has 206 valence electrons. The molecule has 0 aliphatic carbocycles. The summed E-state index contributed by atoms with van der Waals surface area (Å²) in [6.45, 7) is 3.07. The van der Waals surface area contributed by atoms with E-state index in [0.29, 0.717) is 41.1 Å². The Labute approximate surface area is 247 Å². The van der Waals surface area contributed by atoms with E-state index in [-0.39, 0.29) is 11.9 Å². The molecule has 0 saturated carbocycles. The largest absolute Gasteiger partial charge is 0.481 e. The first-order valence-electron chi connectivity index (χ1n) is 13.3. The average Bonchev–Trinajstić information content (AvgIpc) is 3.59. The van der Waals surface area contributed by atoms with Crippen LogP contribution < -0.4 is 20.7 Å². The normalized spacial score (nSPS) is 16.6. The second-order valence-corrected chi connectivity index (χ2v) is 11.8. The highest BCUT2D eigenvalue weighted by Crippen LogP contribution is 2.43. The number of ether oxygens (including phenoxy) is 1. The lowest BCUT2D eigenvalue weighted by Crippen LogP contribution is -2.35. The van der Waals surface area contributed by atoms with Gasteiger partial charge < -0.3 is 20.7 Å². The Balaban J connectivity index is 1.27. The molecule has 1 saturated heterocycles. The Kier molecular flexibility index (Phi) is 8.05. The molecule has 0 spiro atoms. The molecule has 2 aromatic carbocycles. The number of thiazole rings is 1. The van der Waals surface area contributed by atoms with Crippen LogP contribution >= 0.6 is 34.5 Å². The third-order valence-electron chi connectivity index (χ3n) is 7.32. The number of benzene rings is 2. The van der Waals surface area contributed by atoms with E-state index in [1.165, 1.54) is 4.88 Å². The number of hydrogen-bond donors (Lipinski definition) is 3. The number of aromatic nitrogens is 2. The van der Waals surface area contributed by atoms with Crippen LogP contribution in [0.2, 0.25) is 10.0 Å². The lowest BCUT2D eigenvalue weighted by Gasteiger charge is -2.15. The van der Waals surface area contributed by atoms with Crippen molar-refractivity contribution in [1.29, 1.82) is 0 Å². The van der Waals surface area contributed by atoms with Crippen molar-refractivity contribution in [2.75, 3.05) is 20.2 Å². The number of rotatable bonds is 8. The third-order valence-corrected chi connectivity index (χ3v) is 9.27. The van der Waals surface area contributed by atoms with Crippen LogP contribution in [0.5, 0.6) is 5.88 Å². The Morgan fingerprint density at radius 3 is 2.48 bits per heavy atom. The molecule has 0 radical (unpaired) electrons. The maximum Gasteiger partial charge on any atom is 0.220 e. The first-order chi connectivity index (χ1) is 19.5. The van der Waals surface area contributed by atoms with E-state index >= 15 is 0 Å². The number of nitrogens with one attached hydrogen (secondary N) is 3. The monoisotopic (exact) mass is 593 g/mol. The van der Waals surface area contributed by atoms with Crippen molar-refractivity contribution < 1.29 is 9.53 Å². The third kappa shape index (κ3) is 5.47. The molecule has 10 heteroatoms. The highest BCUT2D eigenvalue weighted by Gasteiger charge is 2.22. The van der Waals surface area contributed by atoms with E-state index in [9.17, 15) is 4.79 Å². The lowest BCUT2D eigenvalue weighted by molar-refractivity contribution is -0.119. The smallest absolute Gasteiger partial charge is 0.220 e. The number of carbonyl (C=O) groups is 1. The van der Waals surface area contributed by atoms with Crippen LogP contribution in [0.15, 0.2) is 48.5 Å². The van der Waals surface area contributed by atoms with Crippen LogP contribution in [0.25, 0.3) is 33.0 Å². The van der Waals surface area contributed by atoms with Gasteiger partial charge in [0, 0.05) is 77.8 Å². The van der Waals surface area contributed by atoms with E-state index < -0.39 is 0 Å². The fourth-order valence-corrected chi connectivity index (χ4v) is 7.03. The van der Waals surface area contributed by atoms with Gasteiger partial charge in [-0.3, -0.25) is 4.79 Å². The molecule has 40 heavy (non-hydrogen) atoms. The number of nitrogens with zero attached hydrogens (tertiary/aromatic N) is 2. The number of halogens is 2. The molecular weight excluding hydrogens is 565 g/mol. The minimum Gasteiger partial charge on any atom is -0.481 e. The number of hydrogen-bond acceptors (Lipinski definition) is 7. The fraction of sp³-hybridized carbons (Fsp3) is 0.300. The first kappa shape index (κ1) is 27.2. The summed E-state index contributed by atoms with van der Waals surface area (Å²) in [5, 5.41) is 11.9. The predicted molar refractivity (Wildman–Crippen MR) is 161 cm³/mol. The van der Waals surface area contributed by atoms with Crippen LogP contribution in [-0.4, -0.2) is 42.1 Å². The van der Waals surface area contributed by atoms with Gasteiger partial charge in [0.2, 0.25) is 11.8 Å². The molecule has 0 unspecified atom stereocenters. The maximum absolute atomic E-state index is 11.4. The molecule has 1 fully saturated rings. The summed E-state index contributed by atoms with van der Waals surface area (Å²) in [6.07, 6.45) is 2.37. The van der Waals surface area contributed by atoms with Gasteiger partial charge in [0.25, 0.3) is 0 Å². The zero-order valence-corrected chi connectivity index (χ0v) is 24.3. The van der Waals surface area contributed by atoms with E-state index in [4.69, 9.17) is 37.9 Å². The summed E-state index contributed by atoms with van der Waals surface area (Å²) in [5.41, 5.74) is 6.19. The molecule has 4 aromatic rings. The second-order valence-electron chi connectivity index (χ2n) is 9.95. The zero-order chi connectivity index (χ0) is 27.6. The quantitative estimate of drug-likeness (QED) is 0.237. The van der Waals surface area contributed by atoms with Crippen molar-refractivity contribution in [3.05, 3.63) is 74.7 Å². The van der Waals surface area contributed by atoms with Crippen molar-refractivity contribution >= 4 is 40.4 Å². The van der Waals surface area contributed by atoms with Gasteiger partial charge in [-0.1, -0.05) is 65.7 Å². The number of fused-ring (bicyclic) bond motifs is 1. The van der Waals surface area contributed by atoms with E-state index in [1.54, 1.807) is 18.4 Å². The Hall–Kier alpha value is -3.01. The van der Waals surface area contributed by atoms with Crippen molar-refractivity contribution in [3.8, 4) is 38.8 Å². The molecule has 2 aliphatic rings. The number of methoxy groups -OCH3 is 1. The van der Waals surface area contributed by atoms with Crippen molar-refractivity contribution in [3.63, 3.8) is 0 Å². The van der Waals surface area contributed by atoms with Crippen molar-refractivity contribution in [2.24, 2.45) is 0 Å². The summed E-state index contributed by atoms with van der Waals surface area (Å²) < 4.78 is 5.62. The predicted octanol–water partition coefficient (Wildman–Crippen LogP) is 5.87. The molecule has 0 bridgehead atoms. The van der Waals surface area contributed by atoms with Crippen LogP contribution in [-0.2, 0) is 24.3 Å². The summed E-state index contributed by atoms with van der Waals surface area (Å²) in [4.78, 5) is 22.4. The highest BCUT2D eigenvalue weighted by molar-refractivity contribution is 7.15. The van der Waals surface area contributed by atoms with Gasteiger partial charge in [-0.2, -0.15) is 0 Å². The fourth-order valence-electron chi connectivity index (χ4n) is 5.23. The van der Waals surface area contributed by atoms with E-state index in [2.05, 4.69) is 16.0 Å². The van der Waals surface area contributed by atoms with Gasteiger partial charge in [-0.05, 0) is 12.5 Å². The van der Waals surface area contributed by atoms with Gasteiger partial charge in [0.1, 0.15) is 5.01 Å². The van der Waals surface area contributed by atoms with Gasteiger partial charge >= 0.3 is 0 Å². The van der Waals surface area contributed by atoms with Crippen molar-refractivity contribution in [2.45, 2.75) is 38.4 Å². The van der Waals surface area contributed by atoms with Crippen LogP contribution in [0.1, 0.15) is 29.0 Å². The zero-order valence-electron chi connectivity index (χ0n) is 22.0. The molecular formula is C30H29Cl2N5O2S. The van der Waals surface area contributed by atoms with Gasteiger partial charge in [0.05, 0.1) is 28.5 Å². The molecule has 2 aromatic heterocycles. The Morgan fingerprint density at radius 2 is 1.75 bits per heavy atom. The van der Waals surface area contributed by atoms with Gasteiger partial charge in [0.15, 0.2) is 0 Å². The van der Waals surface area contributed by atoms with Crippen molar-refractivity contribution in [1.82, 2.24) is 25.9 Å². The van der Waals surface area contributed by atoms with E-state index in [0.717, 1.165) is 64.4 Å². The van der Waals surface area contributed by atoms with E-state index in [1.807, 2.05) is 48.5 Å². The van der Waals surface area contributed by atoms with Gasteiger partial charge in [-0.25, -0.2) is 9.97 Å². The topological polar surface area (TPSA) is 88.2 Å². The summed E-state index contributed by atoms with van der Waals surface area (Å²) in [7, 11) is 1.61. The minimum absolute atomic E-state index is 0.113. The Morgan fingerprint density at radius 1 is 1.00 bits per heavy atom. The number of pyridine rings is 1. The number of carbonyl (C=O) groups excluding carboxylic acids is 1. The second kappa shape index (κ2) is 11.8. The molecule has 1 amide bonds. The minimum atomic E-state index is 0.113. The molecule has 7 nitrogen and oxygen atoms in total. The lowest BCUT2D eigenvalue weighted by atomic mass is 9.99. The average molecular weight is 595 g/mol. The SMILES string of the molecule is COc1nc(-c2cccc(-c3cccc(-c4nc5c(s4)CNCC5)c3Cl)c2Cl)ccc1CNC[C@@H]1CCC(=O)N1. The first-order valence-corrected chi connectivity index (χ1v) is 14.9. The molecule has 4 heterocycles. The maximum atomic E-state index is 11.4. The summed E-state index contributed by atoms with van der Waals surface area (Å²) in [5.74, 6) is 0.645. The molecule has 6 rings (SSSR count). The van der Waals surface area contributed by atoms with Crippen LogP contribution in [0.4, 0.5) is 0 Å². The molecule has 1 atom stereocenters. The highest BCUT2D eigenvalue weighted by atomic mass is 35.5.